The average molecular weight is 237 g/mol. The summed E-state index contributed by atoms with van der Waals surface area (Å²) in [4.78, 5) is 1.35. The van der Waals surface area contributed by atoms with E-state index in [0.29, 0.717) is 6.04 Å². The minimum absolute atomic E-state index is 0.286. The molecule has 0 radical (unpaired) electrons. The molecule has 1 aromatic rings. The molecule has 0 aliphatic carbocycles. The van der Waals surface area contributed by atoms with E-state index >= 15 is 0 Å². The fourth-order valence-corrected chi connectivity index (χ4v) is 2.71. The first-order chi connectivity index (χ1) is 7.46. The number of rotatable bonds is 4. The summed E-state index contributed by atoms with van der Waals surface area (Å²) < 4.78 is 0.286. The number of thioether (sulfide) groups is 1. The topological polar surface area (TPSA) is 12.0 Å². The van der Waals surface area contributed by atoms with Crippen LogP contribution in [0.15, 0.2) is 29.2 Å². The second kappa shape index (κ2) is 5.74. The fourth-order valence-electron chi connectivity index (χ4n) is 1.73. The lowest BCUT2D eigenvalue weighted by Gasteiger charge is -2.19. The Hall–Kier alpha value is -0.470. The van der Waals surface area contributed by atoms with Gasteiger partial charge in [-0.2, -0.15) is 0 Å². The number of benzene rings is 1. The van der Waals surface area contributed by atoms with Gasteiger partial charge in [0.2, 0.25) is 0 Å². The summed E-state index contributed by atoms with van der Waals surface area (Å²) in [6.07, 6.45) is 1.13. The zero-order valence-electron chi connectivity index (χ0n) is 11.0. The van der Waals surface area contributed by atoms with Crippen molar-refractivity contribution in [2.45, 2.75) is 49.8 Å². The molecule has 0 fully saturated rings. The second-order valence-corrected chi connectivity index (χ2v) is 6.93. The standard InChI is InChI=1S/C14H23NS/c1-6-13(15-5)11-7-9-12(10-8-11)16-14(2,3)4/h7-10,13,15H,6H2,1-5H3. The van der Waals surface area contributed by atoms with Crippen molar-refractivity contribution in [3.05, 3.63) is 29.8 Å². The van der Waals surface area contributed by atoms with Gasteiger partial charge in [0.15, 0.2) is 0 Å². The normalized spacial score (nSPS) is 13.8. The summed E-state index contributed by atoms with van der Waals surface area (Å²) in [5.41, 5.74) is 1.38. The first-order valence-electron chi connectivity index (χ1n) is 5.92. The maximum absolute atomic E-state index is 3.33. The Morgan fingerprint density at radius 2 is 1.75 bits per heavy atom. The Morgan fingerprint density at radius 3 is 2.12 bits per heavy atom. The highest BCUT2D eigenvalue weighted by Gasteiger charge is 2.12. The van der Waals surface area contributed by atoms with Crippen molar-refractivity contribution in [2.75, 3.05) is 7.05 Å². The highest BCUT2D eigenvalue weighted by Crippen LogP contribution is 2.32. The number of hydrogen-bond donors (Lipinski definition) is 1. The third-order valence-electron chi connectivity index (χ3n) is 2.46. The Labute approximate surface area is 104 Å². The summed E-state index contributed by atoms with van der Waals surface area (Å²) in [7, 11) is 2.02. The van der Waals surface area contributed by atoms with Gasteiger partial charge in [0.25, 0.3) is 0 Å². The highest BCUT2D eigenvalue weighted by atomic mass is 32.2. The highest BCUT2D eigenvalue weighted by molar-refractivity contribution is 8.00. The molecular formula is C14H23NS. The Morgan fingerprint density at radius 1 is 1.19 bits per heavy atom. The molecule has 1 aromatic carbocycles. The largest absolute Gasteiger partial charge is 0.313 e. The Balaban J connectivity index is 2.75. The van der Waals surface area contributed by atoms with Crippen LogP contribution in [0.5, 0.6) is 0 Å². The molecule has 0 amide bonds. The van der Waals surface area contributed by atoms with Crippen molar-refractivity contribution < 1.29 is 0 Å². The molecule has 1 nitrogen and oxygen atoms in total. The van der Waals surface area contributed by atoms with E-state index in [1.165, 1.54) is 10.5 Å². The summed E-state index contributed by atoms with van der Waals surface area (Å²) in [5, 5.41) is 3.33. The van der Waals surface area contributed by atoms with Crippen LogP contribution < -0.4 is 5.32 Å². The zero-order chi connectivity index (χ0) is 12.2. The van der Waals surface area contributed by atoms with Crippen molar-refractivity contribution >= 4 is 11.8 Å². The fraction of sp³-hybridized carbons (Fsp3) is 0.571. The molecule has 0 aliphatic rings. The molecule has 1 atom stereocenters. The van der Waals surface area contributed by atoms with E-state index in [1.807, 2.05) is 18.8 Å². The lowest BCUT2D eigenvalue weighted by Crippen LogP contribution is -2.15. The summed E-state index contributed by atoms with van der Waals surface area (Å²) in [6, 6.07) is 9.40. The van der Waals surface area contributed by atoms with Gasteiger partial charge in [-0.1, -0.05) is 39.8 Å². The van der Waals surface area contributed by atoms with Gasteiger partial charge in [0.1, 0.15) is 0 Å². The monoisotopic (exact) mass is 237 g/mol. The molecule has 0 saturated heterocycles. The van der Waals surface area contributed by atoms with Gasteiger partial charge < -0.3 is 5.32 Å². The van der Waals surface area contributed by atoms with E-state index in [1.54, 1.807) is 0 Å². The Kier molecular flexibility index (Phi) is 4.88. The minimum Gasteiger partial charge on any atom is -0.313 e. The van der Waals surface area contributed by atoms with E-state index < -0.39 is 0 Å². The lowest BCUT2D eigenvalue weighted by atomic mass is 10.1. The minimum atomic E-state index is 0.286. The molecule has 0 aromatic heterocycles. The lowest BCUT2D eigenvalue weighted by molar-refractivity contribution is 0.576. The second-order valence-electron chi connectivity index (χ2n) is 5.03. The van der Waals surface area contributed by atoms with Crippen LogP contribution in [0.3, 0.4) is 0 Å². The van der Waals surface area contributed by atoms with Crippen LogP contribution in [0.4, 0.5) is 0 Å². The Bertz CT molecular complexity index is 307. The van der Waals surface area contributed by atoms with Crippen LogP contribution in [0.25, 0.3) is 0 Å². The molecule has 1 rings (SSSR count). The zero-order valence-corrected chi connectivity index (χ0v) is 11.8. The van der Waals surface area contributed by atoms with Crippen LogP contribution in [-0.2, 0) is 0 Å². The van der Waals surface area contributed by atoms with Gasteiger partial charge in [-0.3, -0.25) is 0 Å². The van der Waals surface area contributed by atoms with Crippen molar-refractivity contribution in [1.82, 2.24) is 5.32 Å². The van der Waals surface area contributed by atoms with Gasteiger partial charge in [-0.05, 0) is 31.2 Å². The maximum Gasteiger partial charge on any atom is 0.0314 e. The molecule has 90 valence electrons. The first kappa shape index (κ1) is 13.6. The van der Waals surface area contributed by atoms with Gasteiger partial charge in [-0.25, -0.2) is 0 Å². The summed E-state index contributed by atoms with van der Waals surface area (Å²) in [5.74, 6) is 0. The van der Waals surface area contributed by atoms with E-state index in [0.717, 1.165) is 6.42 Å². The predicted octanol–water partition coefficient (Wildman–Crippen LogP) is 4.25. The van der Waals surface area contributed by atoms with Crippen LogP contribution in [0, 0.1) is 0 Å². The summed E-state index contributed by atoms with van der Waals surface area (Å²) in [6.45, 7) is 8.94. The van der Waals surface area contributed by atoms with Gasteiger partial charge in [0, 0.05) is 15.7 Å². The summed E-state index contributed by atoms with van der Waals surface area (Å²) >= 11 is 1.92. The van der Waals surface area contributed by atoms with E-state index in [-0.39, 0.29) is 4.75 Å². The van der Waals surface area contributed by atoms with Gasteiger partial charge in [-0.15, -0.1) is 11.8 Å². The van der Waals surface area contributed by atoms with E-state index in [4.69, 9.17) is 0 Å². The SMILES string of the molecule is CCC(NC)c1ccc(SC(C)(C)C)cc1. The van der Waals surface area contributed by atoms with Gasteiger partial charge >= 0.3 is 0 Å². The molecule has 1 N–H and O–H groups in total. The van der Waals surface area contributed by atoms with E-state index in [2.05, 4.69) is 57.3 Å². The third-order valence-corrected chi connectivity index (χ3v) is 3.58. The quantitative estimate of drug-likeness (QED) is 0.786. The van der Waals surface area contributed by atoms with Crippen molar-refractivity contribution in [3.8, 4) is 0 Å². The molecule has 0 heterocycles. The maximum atomic E-state index is 3.33. The van der Waals surface area contributed by atoms with Gasteiger partial charge in [0.05, 0.1) is 0 Å². The smallest absolute Gasteiger partial charge is 0.0314 e. The van der Waals surface area contributed by atoms with Crippen LogP contribution in [0.2, 0.25) is 0 Å². The molecule has 0 saturated carbocycles. The molecule has 16 heavy (non-hydrogen) atoms. The predicted molar refractivity (Wildman–Crippen MR) is 74.1 cm³/mol. The van der Waals surface area contributed by atoms with Crippen LogP contribution >= 0.6 is 11.8 Å². The number of nitrogens with one attached hydrogen (secondary N) is 1. The molecule has 0 aliphatic heterocycles. The molecule has 1 unspecified atom stereocenters. The molecule has 0 bridgehead atoms. The first-order valence-corrected chi connectivity index (χ1v) is 6.74. The van der Waals surface area contributed by atoms with Crippen molar-refractivity contribution in [1.29, 1.82) is 0 Å². The van der Waals surface area contributed by atoms with Crippen LogP contribution in [0.1, 0.15) is 45.7 Å². The third kappa shape index (κ3) is 4.18. The van der Waals surface area contributed by atoms with Crippen LogP contribution in [-0.4, -0.2) is 11.8 Å². The average Bonchev–Trinajstić information content (AvgIpc) is 2.20. The molecule has 2 heteroatoms. The van der Waals surface area contributed by atoms with Crippen molar-refractivity contribution in [3.63, 3.8) is 0 Å². The molecule has 0 spiro atoms. The van der Waals surface area contributed by atoms with Crippen molar-refractivity contribution in [2.24, 2.45) is 0 Å². The van der Waals surface area contributed by atoms with E-state index in [9.17, 15) is 0 Å². The molecular weight excluding hydrogens is 214 g/mol. The number of hydrogen-bond acceptors (Lipinski definition) is 2.